The highest BCUT2D eigenvalue weighted by molar-refractivity contribution is 5.07. The van der Waals surface area contributed by atoms with Crippen molar-refractivity contribution in [3.63, 3.8) is 0 Å². The van der Waals surface area contributed by atoms with Crippen LogP contribution in [0.1, 0.15) is 44.0 Å². The Kier molecular flexibility index (Phi) is 4.78. The van der Waals surface area contributed by atoms with Gasteiger partial charge in [-0.2, -0.15) is 5.10 Å². The van der Waals surface area contributed by atoms with Crippen LogP contribution in [-0.4, -0.2) is 22.4 Å². The van der Waals surface area contributed by atoms with Crippen LogP contribution >= 0.6 is 0 Å². The summed E-state index contributed by atoms with van der Waals surface area (Å²) < 4.78 is 8.11. The van der Waals surface area contributed by atoms with E-state index in [0.29, 0.717) is 18.6 Å². The van der Waals surface area contributed by atoms with Gasteiger partial charge in [-0.3, -0.25) is 4.68 Å². The number of hydrogen-bond acceptors (Lipinski definition) is 3. The molecule has 0 spiro atoms. The van der Waals surface area contributed by atoms with Crippen LogP contribution in [-0.2, 0) is 17.9 Å². The molecule has 4 heteroatoms. The van der Waals surface area contributed by atoms with Crippen LogP contribution in [0.15, 0.2) is 6.07 Å². The largest absolute Gasteiger partial charge is 0.372 e. The molecule has 1 heterocycles. The van der Waals surface area contributed by atoms with Gasteiger partial charge >= 0.3 is 0 Å². The molecule has 1 aliphatic rings. The number of rotatable bonds is 5. The standard InChI is InChI=1S/C14H25N3O/c1-3-17-13(8-11(2)16-17)10-18-14-7-5-4-6-12(14)9-15/h8,12,14H,3-7,9-10,15H2,1-2H3. The van der Waals surface area contributed by atoms with Gasteiger partial charge in [0.2, 0.25) is 0 Å². The van der Waals surface area contributed by atoms with Crippen LogP contribution in [0.4, 0.5) is 0 Å². The maximum Gasteiger partial charge on any atom is 0.0888 e. The molecule has 1 aromatic rings. The average Bonchev–Trinajstić information content (AvgIpc) is 2.77. The molecule has 2 unspecified atom stereocenters. The smallest absolute Gasteiger partial charge is 0.0888 e. The number of nitrogens with zero attached hydrogens (tertiary/aromatic N) is 2. The molecule has 1 fully saturated rings. The summed E-state index contributed by atoms with van der Waals surface area (Å²) in [5, 5.41) is 4.44. The van der Waals surface area contributed by atoms with Gasteiger partial charge in [0.15, 0.2) is 0 Å². The Morgan fingerprint density at radius 1 is 1.44 bits per heavy atom. The lowest BCUT2D eigenvalue weighted by molar-refractivity contribution is -0.0208. The summed E-state index contributed by atoms with van der Waals surface area (Å²) in [6.45, 7) is 6.45. The minimum Gasteiger partial charge on any atom is -0.372 e. The van der Waals surface area contributed by atoms with E-state index in [2.05, 4.69) is 18.1 Å². The monoisotopic (exact) mass is 251 g/mol. The molecule has 0 aliphatic heterocycles. The molecule has 18 heavy (non-hydrogen) atoms. The molecule has 1 aromatic heterocycles. The molecule has 2 N–H and O–H groups in total. The van der Waals surface area contributed by atoms with Gasteiger partial charge in [0.1, 0.15) is 0 Å². The molecule has 0 saturated heterocycles. The van der Waals surface area contributed by atoms with Crippen molar-refractivity contribution in [3.8, 4) is 0 Å². The van der Waals surface area contributed by atoms with Crippen LogP contribution < -0.4 is 5.73 Å². The fourth-order valence-corrected chi connectivity index (χ4v) is 2.84. The first-order valence-electron chi connectivity index (χ1n) is 7.09. The van der Waals surface area contributed by atoms with Crippen molar-refractivity contribution < 1.29 is 4.74 Å². The zero-order valence-electron chi connectivity index (χ0n) is 11.6. The maximum atomic E-state index is 6.09. The first-order chi connectivity index (χ1) is 8.74. The molecule has 0 amide bonds. The molecule has 2 atom stereocenters. The van der Waals surface area contributed by atoms with E-state index in [1.54, 1.807) is 0 Å². The summed E-state index contributed by atoms with van der Waals surface area (Å²) in [5.41, 5.74) is 8.07. The topological polar surface area (TPSA) is 53.1 Å². The normalized spacial score (nSPS) is 24.4. The van der Waals surface area contributed by atoms with Crippen molar-refractivity contribution in [1.82, 2.24) is 9.78 Å². The van der Waals surface area contributed by atoms with Gasteiger partial charge < -0.3 is 10.5 Å². The maximum absolute atomic E-state index is 6.09. The third-order valence-corrected chi connectivity index (χ3v) is 3.87. The highest BCUT2D eigenvalue weighted by Gasteiger charge is 2.24. The zero-order chi connectivity index (χ0) is 13.0. The van der Waals surface area contributed by atoms with Crippen molar-refractivity contribution in [2.24, 2.45) is 11.7 Å². The van der Waals surface area contributed by atoms with Crippen molar-refractivity contribution in [1.29, 1.82) is 0 Å². The predicted molar refractivity (Wildman–Crippen MR) is 72.2 cm³/mol. The van der Waals surface area contributed by atoms with Crippen molar-refractivity contribution in [2.75, 3.05) is 6.54 Å². The van der Waals surface area contributed by atoms with E-state index in [9.17, 15) is 0 Å². The van der Waals surface area contributed by atoms with E-state index in [4.69, 9.17) is 10.5 Å². The first kappa shape index (κ1) is 13.6. The first-order valence-corrected chi connectivity index (χ1v) is 7.09. The molecular weight excluding hydrogens is 226 g/mol. The van der Waals surface area contributed by atoms with Gasteiger partial charge in [-0.05, 0) is 45.2 Å². The van der Waals surface area contributed by atoms with E-state index in [-0.39, 0.29) is 0 Å². The Morgan fingerprint density at radius 2 is 2.22 bits per heavy atom. The second-order valence-corrected chi connectivity index (χ2v) is 5.22. The third kappa shape index (κ3) is 3.12. The number of ether oxygens (including phenoxy) is 1. The Hall–Kier alpha value is -0.870. The number of nitrogens with two attached hydrogens (primary N) is 1. The number of aryl methyl sites for hydroxylation is 2. The Balaban J connectivity index is 1.93. The van der Waals surface area contributed by atoms with E-state index >= 15 is 0 Å². The summed E-state index contributed by atoms with van der Waals surface area (Å²) in [6, 6.07) is 2.11. The van der Waals surface area contributed by atoms with Crippen molar-refractivity contribution in [2.45, 2.75) is 58.8 Å². The van der Waals surface area contributed by atoms with E-state index in [0.717, 1.165) is 25.2 Å². The van der Waals surface area contributed by atoms with E-state index in [1.807, 2.05) is 11.6 Å². The second kappa shape index (κ2) is 6.34. The minimum absolute atomic E-state index is 0.337. The predicted octanol–water partition coefficient (Wildman–Crippen LogP) is 2.25. The van der Waals surface area contributed by atoms with Crippen LogP contribution in [0, 0.1) is 12.8 Å². The molecule has 102 valence electrons. The molecule has 0 aromatic carbocycles. The van der Waals surface area contributed by atoms with Crippen molar-refractivity contribution in [3.05, 3.63) is 17.5 Å². The van der Waals surface area contributed by atoms with E-state index < -0.39 is 0 Å². The lowest BCUT2D eigenvalue weighted by atomic mass is 9.86. The summed E-state index contributed by atoms with van der Waals surface area (Å²) >= 11 is 0. The van der Waals surface area contributed by atoms with Gasteiger partial charge in [-0.1, -0.05) is 12.8 Å². The van der Waals surface area contributed by atoms with Gasteiger partial charge in [0.05, 0.1) is 24.1 Å². The fourth-order valence-electron chi connectivity index (χ4n) is 2.84. The quantitative estimate of drug-likeness (QED) is 0.873. The zero-order valence-corrected chi connectivity index (χ0v) is 11.6. The molecule has 1 aliphatic carbocycles. The summed E-state index contributed by atoms with van der Waals surface area (Å²) in [6.07, 6.45) is 5.28. The molecule has 1 saturated carbocycles. The van der Waals surface area contributed by atoms with Crippen molar-refractivity contribution >= 4 is 0 Å². The number of hydrogen-bond donors (Lipinski definition) is 1. The van der Waals surface area contributed by atoms with Crippen LogP contribution in [0.2, 0.25) is 0 Å². The molecule has 0 radical (unpaired) electrons. The van der Waals surface area contributed by atoms with Crippen LogP contribution in [0.25, 0.3) is 0 Å². The summed E-state index contributed by atoms with van der Waals surface area (Å²) in [4.78, 5) is 0. The van der Waals surface area contributed by atoms with Gasteiger partial charge in [0.25, 0.3) is 0 Å². The highest BCUT2D eigenvalue weighted by Crippen LogP contribution is 2.26. The lowest BCUT2D eigenvalue weighted by Gasteiger charge is -2.30. The van der Waals surface area contributed by atoms with Crippen LogP contribution in [0.3, 0.4) is 0 Å². The Labute approximate surface area is 110 Å². The molecule has 0 bridgehead atoms. The van der Waals surface area contributed by atoms with Crippen LogP contribution in [0.5, 0.6) is 0 Å². The third-order valence-electron chi connectivity index (χ3n) is 3.87. The van der Waals surface area contributed by atoms with Gasteiger partial charge in [-0.25, -0.2) is 0 Å². The highest BCUT2D eigenvalue weighted by atomic mass is 16.5. The fraction of sp³-hybridized carbons (Fsp3) is 0.786. The minimum atomic E-state index is 0.337. The summed E-state index contributed by atoms with van der Waals surface area (Å²) in [5.74, 6) is 0.540. The molecule has 2 rings (SSSR count). The molecular formula is C14H25N3O. The number of aromatic nitrogens is 2. The average molecular weight is 251 g/mol. The second-order valence-electron chi connectivity index (χ2n) is 5.22. The Morgan fingerprint density at radius 3 is 2.94 bits per heavy atom. The summed E-state index contributed by atoms with van der Waals surface area (Å²) in [7, 11) is 0. The van der Waals surface area contributed by atoms with Gasteiger partial charge in [-0.15, -0.1) is 0 Å². The Bertz CT molecular complexity index is 375. The van der Waals surface area contributed by atoms with Gasteiger partial charge in [0, 0.05) is 6.54 Å². The van der Waals surface area contributed by atoms with E-state index in [1.165, 1.54) is 25.0 Å². The molecule has 4 nitrogen and oxygen atoms in total. The lowest BCUT2D eigenvalue weighted by Crippen LogP contribution is -2.33. The SMILES string of the molecule is CCn1nc(C)cc1COC1CCCCC1CN.